The highest BCUT2D eigenvalue weighted by Crippen LogP contribution is 2.34. The number of anilines is 1. The molecule has 0 radical (unpaired) electrons. The van der Waals surface area contributed by atoms with Crippen LogP contribution in [-0.2, 0) is 9.53 Å². The van der Waals surface area contributed by atoms with Crippen LogP contribution in [0.25, 0.3) is 0 Å². The van der Waals surface area contributed by atoms with Gasteiger partial charge in [0.05, 0.1) is 12.7 Å². The highest BCUT2D eigenvalue weighted by Gasteiger charge is 2.34. The highest BCUT2D eigenvalue weighted by atomic mass is 16.5. The number of ether oxygens (including phenoxy) is 1. The molecule has 1 N–H and O–H groups in total. The summed E-state index contributed by atoms with van der Waals surface area (Å²) < 4.78 is 6.40. The maximum Gasteiger partial charge on any atom is 0.338 e. The standard InChI is InChI=1S/C12H12N6O2/c1-7-9(11(19)20-2)10(8-4-3-5-13-6-8)18-12(14-7)15-16-17-18/h3-6,10H,1-2H3,(H,14,15,17)/t10-/m0/s1. The van der Waals surface area contributed by atoms with E-state index < -0.39 is 12.0 Å². The van der Waals surface area contributed by atoms with Crippen LogP contribution in [0, 0.1) is 0 Å². The molecule has 2 aromatic rings. The van der Waals surface area contributed by atoms with Crippen LogP contribution in [0.2, 0.25) is 0 Å². The van der Waals surface area contributed by atoms with Gasteiger partial charge in [0, 0.05) is 18.1 Å². The van der Waals surface area contributed by atoms with E-state index in [0.717, 1.165) is 5.56 Å². The Morgan fingerprint density at radius 1 is 1.50 bits per heavy atom. The first-order valence-electron chi connectivity index (χ1n) is 5.96. The molecule has 0 bridgehead atoms. The predicted molar refractivity (Wildman–Crippen MR) is 68.5 cm³/mol. The minimum Gasteiger partial charge on any atom is -0.466 e. The van der Waals surface area contributed by atoms with E-state index in [-0.39, 0.29) is 0 Å². The molecule has 0 spiro atoms. The van der Waals surface area contributed by atoms with Gasteiger partial charge in [-0.15, -0.1) is 0 Å². The Bertz CT molecular complexity index is 678. The Morgan fingerprint density at radius 3 is 3.05 bits per heavy atom. The second-order valence-electron chi connectivity index (χ2n) is 4.29. The van der Waals surface area contributed by atoms with Gasteiger partial charge in [-0.2, -0.15) is 4.68 Å². The van der Waals surface area contributed by atoms with E-state index in [1.807, 2.05) is 6.07 Å². The number of rotatable bonds is 2. The molecule has 3 heterocycles. The van der Waals surface area contributed by atoms with Crippen LogP contribution < -0.4 is 5.32 Å². The SMILES string of the molecule is COC(=O)C1=C(C)Nc2nnnn2[C@H]1c1cccnc1. The number of hydrogen-bond donors (Lipinski definition) is 1. The zero-order chi connectivity index (χ0) is 14.1. The fraction of sp³-hybridized carbons (Fsp3) is 0.250. The number of esters is 1. The van der Waals surface area contributed by atoms with Crippen molar-refractivity contribution in [3.63, 3.8) is 0 Å². The van der Waals surface area contributed by atoms with Gasteiger partial charge in [-0.1, -0.05) is 11.2 Å². The van der Waals surface area contributed by atoms with Gasteiger partial charge in [0.25, 0.3) is 0 Å². The smallest absolute Gasteiger partial charge is 0.338 e. The number of aromatic nitrogens is 5. The molecule has 0 saturated heterocycles. The van der Waals surface area contributed by atoms with Crippen LogP contribution in [0.15, 0.2) is 35.8 Å². The summed E-state index contributed by atoms with van der Waals surface area (Å²) in [4.78, 5) is 16.2. The van der Waals surface area contributed by atoms with Crippen molar-refractivity contribution in [2.45, 2.75) is 13.0 Å². The van der Waals surface area contributed by atoms with Crippen LogP contribution in [0.1, 0.15) is 18.5 Å². The van der Waals surface area contributed by atoms with Gasteiger partial charge in [0.2, 0.25) is 5.95 Å². The third kappa shape index (κ3) is 1.81. The van der Waals surface area contributed by atoms with Gasteiger partial charge in [0.15, 0.2) is 0 Å². The molecule has 0 unspecified atom stereocenters. The summed E-state index contributed by atoms with van der Waals surface area (Å²) in [7, 11) is 1.35. The van der Waals surface area contributed by atoms with Crippen molar-refractivity contribution < 1.29 is 9.53 Å². The Morgan fingerprint density at radius 2 is 2.35 bits per heavy atom. The normalized spacial score (nSPS) is 17.4. The van der Waals surface area contributed by atoms with Gasteiger partial charge in [-0.3, -0.25) is 4.98 Å². The lowest BCUT2D eigenvalue weighted by Crippen LogP contribution is -2.29. The first-order valence-corrected chi connectivity index (χ1v) is 5.96. The Kier molecular flexibility index (Phi) is 2.90. The van der Waals surface area contributed by atoms with E-state index in [2.05, 4.69) is 25.8 Å². The molecule has 102 valence electrons. The zero-order valence-electron chi connectivity index (χ0n) is 10.9. The predicted octanol–water partition coefficient (Wildman–Crippen LogP) is 0.530. The molecule has 0 aliphatic carbocycles. The van der Waals surface area contributed by atoms with Crippen LogP contribution >= 0.6 is 0 Å². The quantitative estimate of drug-likeness (QED) is 0.797. The third-order valence-corrected chi connectivity index (χ3v) is 3.12. The Labute approximate surface area is 114 Å². The average Bonchev–Trinajstić information content (AvgIpc) is 2.93. The van der Waals surface area contributed by atoms with Crippen molar-refractivity contribution in [3.05, 3.63) is 41.4 Å². The van der Waals surface area contributed by atoms with Crippen molar-refractivity contribution in [2.24, 2.45) is 0 Å². The lowest BCUT2D eigenvalue weighted by Gasteiger charge is -2.26. The van der Waals surface area contributed by atoms with E-state index in [4.69, 9.17) is 4.74 Å². The van der Waals surface area contributed by atoms with E-state index >= 15 is 0 Å². The molecule has 3 rings (SSSR count). The summed E-state index contributed by atoms with van der Waals surface area (Å²) in [5.41, 5.74) is 1.93. The van der Waals surface area contributed by atoms with Gasteiger partial charge in [-0.25, -0.2) is 4.79 Å². The third-order valence-electron chi connectivity index (χ3n) is 3.12. The van der Waals surface area contributed by atoms with Gasteiger partial charge in [0.1, 0.15) is 6.04 Å². The number of allylic oxidation sites excluding steroid dienone is 1. The monoisotopic (exact) mass is 272 g/mol. The second-order valence-corrected chi connectivity index (χ2v) is 4.29. The zero-order valence-corrected chi connectivity index (χ0v) is 10.9. The number of methoxy groups -OCH3 is 1. The van der Waals surface area contributed by atoms with Crippen LogP contribution in [0.3, 0.4) is 0 Å². The number of hydrogen-bond acceptors (Lipinski definition) is 7. The Balaban J connectivity index is 2.19. The molecule has 2 aromatic heterocycles. The van der Waals surface area contributed by atoms with E-state index in [1.165, 1.54) is 11.8 Å². The number of fused-ring (bicyclic) bond motifs is 1. The van der Waals surface area contributed by atoms with Gasteiger partial charge < -0.3 is 10.1 Å². The van der Waals surface area contributed by atoms with Crippen LogP contribution in [0.4, 0.5) is 5.95 Å². The lowest BCUT2D eigenvalue weighted by molar-refractivity contribution is -0.136. The largest absolute Gasteiger partial charge is 0.466 e. The van der Waals surface area contributed by atoms with E-state index in [1.54, 1.807) is 25.4 Å². The molecule has 0 amide bonds. The molecule has 1 aliphatic heterocycles. The second kappa shape index (κ2) is 4.72. The minimum absolute atomic E-state index is 0.426. The number of carbonyl (C=O) groups is 1. The molecule has 0 saturated carbocycles. The molecule has 20 heavy (non-hydrogen) atoms. The van der Waals surface area contributed by atoms with Crippen molar-refractivity contribution in [1.29, 1.82) is 0 Å². The molecule has 1 aliphatic rings. The van der Waals surface area contributed by atoms with Crippen LogP contribution in [-0.4, -0.2) is 38.3 Å². The van der Waals surface area contributed by atoms with Gasteiger partial charge >= 0.3 is 5.97 Å². The molecular weight excluding hydrogens is 260 g/mol. The summed E-state index contributed by atoms with van der Waals surface area (Å²) >= 11 is 0. The number of carbonyl (C=O) groups excluding carboxylic acids is 1. The fourth-order valence-corrected chi connectivity index (χ4v) is 2.23. The molecule has 1 atom stereocenters. The number of nitrogens with zero attached hydrogens (tertiary/aromatic N) is 5. The summed E-state index contributed by atoms with van der Waals surface area (Å²) in [6.07, 6.45) is 3.34. The summed E-state index contributed by atoms with van der Waals surface area (Å²) in [5, 5.41) is 14.5. The van der Waals surface area contributed by atoms with Gasteiger partial charge in [-0.05, 0) is 29.0 Å². The number of pyridine rings is 1. The maximum atomic E-state index is 12.1. The highest BCUT2D eigenvalue weighted by molar-refractivity contribution is 5.92. The first-order chi connectivity index (χ1) is 9.72. The molecule has 8 heteroatoms. The maximum absolute atomic E-state index is 12.1. The lowest BCUT2D eigenvalue weighted by atomic mass is 9.97. The number of nitrogens with one attached hydrogen (secondary N) is 1. The minimum atomic E-state index is -0.456. The summed E-state index contributed by atoms with van der Waals surface area (Å²) in [6, 6.07) is 3.21. The topological polar surface area (TPSA) is 94.8 Å². The molecular formula is C12H12N6O2. The fourth-order valence-electron chi connectivity index (χ4n) is 2.23. The summed E-state index contributed by atoms with van der Waals surface area (Å²) in [5.74, 6) is 0.0500. The number of tetrazole rings is 1. The molecule has 0 fully saturated rings. The van der Waals surface area contributed by atoms with E-state index in [9.17, 15) is 4.79 Å². The van der Waals surface area contributed by atoms with Crippen molar-refractivity contribution >= 4 is 11.9 Å². The first kappa shape index (κ1) is 12.3. The molecule has 8 nitrogen and oxygen atoms in total. The van der Waals surface area contributed by atoms with E-state index in [0.29, 0.717) is 17.2 Å². The Hall–Kier alpha value is -2.77. The molecule has 0 aromatic carbocycles. The van der Waals surface area contributed by atoms with Crippen molar-refractivity contribution in [1.82, 2.24) is 25.2 Å². The van der Waals surface area contributed by atoms with Crippen molar-refractivity contribution in [2.75, 3.05) is 12.4 Å². The van der Waals surface area contributed by atoms with Crippen molar-refractivity contribution in [3.8, 4) is 0 Å². The summed E-state index contributed by atoms with van der Waals surface area (Å²) in [6.45, 7) is 1.79. The van der Waals surface area contributed by atoms with Crippen LogP contribution in [0.5, 0.6) is 0 Å². The average molecular weight is 272 g/mol.